The highest BCUT2D eigenvalue weighted by Gasteiger charge is 2.14. The van der Waals surface area contributed by atoms with Gasteiger partial charge in [0, 0.05) is 25.5 Å². The SMILES string of the molecule is COCc1ccccc1CNC(=O)c1c[nH]c(=S)n1-c1ccccc1. The Bertz CT molecular complexity index is 916. The van der Waals surface area contributed by atoms with Crippen molar-refractivity contribution in [3.05, 3.63) is 82.4 Å². The van der Waals surface area contributed by atoms with Gasteiger partial charge in [0.15, 0.2) is 4.77 Å². The van der Waals surface area contributed by atoms with E-state index in [2.05, 4.69) is 10.3 Å². The van der Waals surface area contributed by atoms with E-state index in [1.54, 1.807) is 17.9 Å². The van der Waals surface area contributed by atoms with Crippen molar-refractivity contribution in [3.8, 4) is 5.69 Å². The molecule has 6 heteroatoms. The number of hydrogen-bond acceptors (Lipinski definition) is 3. The van der Waals surface area contributed by atoms with E-state index in [-0.39, 0.29) is 5.91 Å². The summed E-state index contributed by atoms with van der Waals surface area (Å²) in [5, 5.41) is 2.96. The Morgan fingerprint density at radius 1 is 1.12 bits per heavy atom. The Kier molecular flexibility index (Phi) is 5.42. The van der Waals surface area contributed by atoms with E-state index in [1.165, 1.54) is 0 Å². The van der Waals surface area contributed by atoms with E-state index in [0.717, 1.165) is 16.8 Å². The molecule has 1 amide bonds. The van der Waals surface area contributed by atoms with E-state index in [0.29, 0.717) is 23.6 Å². The molecule has 0 aliphatic rings. The summed E-state index contributed by atoms with van der Waals surface area (Å²) in [5.74, 6) is -0.191. The second kappa shape index (κ2) is 7.92. The number of benzene rings is 2. The summed E-state index contributed by atoms with van der Waals surface area (Å²) in [4.78, 5) is 15.6. The highest BCUT2D eigenvalue weighted by Crippen LogP contribution is 2.14. The predicted molar refractivity (Wildman–Crippen MR) is 99.3 cm³/mol. The van der Waals surface area contributed by atoms with Crippen molar-refractivity contribution < 1.29 is 9.53 Å². The maximum absolute atomic E-state index is 12.7. The minimum atomic E-state index is -0.191. The molecule has 0 fully saturated rings. The second-order valence-corrected chi connectivity index (χ2v) is 5.92. The van der Waals surface area contributed by atoms with Crippen LogP contribution in [0, 0.1) is 4.77 Å². The van der Waals surface area contributed by atoms with E-state index in [1.807, 2.05) is 54.6 Å². The molecule has 0 saturated carbocycles. The van der Waals surface area contributed by atoms with Crippen molar-refractivity contribution >= 4 is 18.1 Å². The van der Waals surface area contributed by atoms with Crippen LogP contribution in [0.1, 0.15) is 21.6 Å². The Balaban J connectivity index is 1.81. The van der Waals surface area contributed by atoms with E-state index in [4.69, 9.17) is 17.0 Å². The monoisotopic (exact) mass is 353 g/mol. The maximum atomic E-state index is 12.7. The first-order valence-corrected chi connectivity index (χ1v) is 8.31. The van der Waals surface area contributed by atoms with Crippen molar-refractivity contribution in [1.29, 1.82) is 0 Å². The Hall–Kier alpha value is -2.70. The Labute approximate surface area is 151 Å². The van der Waals surface area contributed by atoms with Crippen molar-refractivity contribution in [3.63, 3.8) is 0 Å². The number of nitrogens with zero attached hydrogens (tertiary/aromatic N) is 1. The van der Waals surface area contributed by atoms with Crippen molar-refractivity contribution in [2.45, 2.75) is 13.2 Å². The third kappa shape index (κ3) is 3.87. The average molecular weight is 353 g/mol. The maximum Gasteiger partial charge on any atom is 0.270 e. The summed E-state index contributed by atoms with van der Waals surface area (Å²) in [6.45, 7) is 0.932. The van der Waals surface area contributed by atoms with Gasteiger partial charge in [0.1, 0.15) is 5.69 Å². The molecule has 2 aromatic carbocycles. The molecule has 3 rings (SSSR count). The zero-order valence-electron chi connectivity index (χ0n) is 13.9. The molecule has 0 aliphatic heterocycles. The van der Waals surface area contributed by atoms with Gasteiger partial charge >= 0.3 is 0 Å². The third-order valence-electron chi connectivity index (χ3n) is 3.88. The molecule has 2 N–H and O–H groups in total. The fourth-order valence-corrected chi connectivity index (χ4v) is 2.92. The van der Waals surface area contributed by atoms with Crippen molar-refractivity contribution in [2.24, 2.45) is 0 Å². The quantitative estimate of drug-likeness (QED) is 0.666. The second-order valence-electron chi connectivity index (χ2n) is 5.53. The number of aromatic amines is 1. The van der Waals surface area contributed by atoms with Crippen LogP contribution in [0.25, 0.3) is 5.69 Å². The normalized spacial score (nSPS) is 10.6. The van der Waals surface area contributed by atoms with Gasteiger partial charge in [-0.2, -0.15) is 0 Å². The minimum absolute atomic E-state index is 0.191. The molecule has 0 spiro atoms. The molecule has 0 atom stereocenters. The summed E-state index contributed by atoms with van der Waals surface area (Å²) in [6, 6.07) is 17.4. The van der Waals surface area contributed by atoms with Crippen LogP contribution in [-0.2, 0) is 17.9 Å². The van der Waals surface area contributed by atoms with Crippen molar-refractivity contribution in [1.82, 2.24) is 14.9 Å². The number of imidazole rings is 1. The molecule has 25 heavy (non-hydrogen) atoms. The van der Waals surface area contributed by atoms with Gasteiger partial charge in [-0.15, -0.1) is 0 Å². The lowest BCUT2D eigenvalue weighted by Gasteiger charge is -2.11. The van der Waals surface area contributed by atoms with E-state index < -0.39 is 0 Å². The molecule has 0 radical (unpaired) electrons. The molecular weight excluding hydrogens is 334 g/mol. The number of aromatic nitrogens is 2. The molecule has 5 nitrogen and oxygen atoms in total. The fraction of sp³-hybridized carbons (Fsp3) is 0.158. The Morgan fingerprint density at radius 2 is 1.80 bits per heavy atom. The average Bonchev–Trinajstić information content (AvgIpc) is 3.03. The van der Waals surface area contributed by atoms with Gasteiger partial charge in [-0.1, -0.05) is 42.5 Å². The number of carbonyl (C=O) groups is 1. The third-order valence-corrected chi connectivity index (χ3v) is 4.18. The highest BCUT2D eigenvalue weighted by molar-refractivity contribution is 7.71. The molecule has 1 aromatic heterocycles. The summed E-state index contributed by atoms with van der Waals surface area (Å²) in [7, 11) is 1.66. The zero-order chi connectivity index (χ0) is 17.6. The Morgan fingerprint density at radius 3 is 2.52 bits per heavy atom. The van der Waals surface area contributed by atoms with Crippen LogP contribution >= 0.6 is 12.2 Å². The van der Waals surface area contributed by atoms with Gasteiger partial charge in [-0.3, -0.25) is 9.36 Å². The van der Waals surface area contributed by atoms with Gasteiger partial charge in [0.2, 0.25) is 0 Å². The minimum Gasteiger partial charge on any atom is -0.380 e. The van der Waals surface area contributed by atoms with Crippen LogP contribution < -0.4 is 5.32 Å². The van der Waals surface area contributed by atoms with E-state index >= 15 is 0 Å². The van der Waals surface area contributed by atoms with Crippen LogP contribution in [0.15, 0.2) is 60.8 Å². The number of rotatable bonds is 6. The largest absolute Gasteiger partial charge is 0.380 e. The summed E-state index contributed by atoms with van der Waals surface area (Å²) in [5.41, 5.74) is 3.40. The summed E-state index contributed by atoms with van der Waals surface area (Å²) in [6.07, 6.45) is 1.63. The van der Waals surface area contributed by atoms with Crippen LogP contribution in [0.2, 0.25) is 0 Å². The molecule has 3 aromatic rings. The molecule has 0 unspecified atom stereocenters. The van der Waals surface area contributed by atoms with Crippen LogP contribution in [-0.4, -0.2) is 22.6 Å². The smallest absolute Gasteiger partial charge is 0.270 e. The molecule has 1 heterocycles. The number of para-hydroxylation sites is 1. The number of hydrogen-bond donors (Lipinski definition) is 2. The molecule has 0 saturated heterocycles. The topological polar surface area (TPSA) is 59.0 Å². The fourth-order valence-electron chi connectivity index (χ4n) is 2.66. The predicted octanol–water partition coefficient (Wildman–Crippen LogP) is 3.61. The van der Waals surface area contributed by atoms with E-state index in [9.17, 15) is 4.79 Å². The lowest BCUT2D eigenvalue weighted by atomic mass is 10.1. The highest BCUT2D eigenvalue weighted by atomic mass is 32.1. The molecule has 0 bridgehead atoms. The lowest BCUT2D eigenvalue weighted by molar-refractivity contribution is 0.0943. The molecule has 0 aliphatic carbocycles. The van der Waals surface area contributed by atoms with Crippen LogP contribution in [0.3, 0.4) is 0 Å². The van der Waals surface area contributed by atoms with Gasteiger partial charge in [-0.05, 0) is 35.5 Å². The van der Waals surface area contributed by atoms with Crippen LogP contribution in [0.4, 0.5) is 0 Å². The summed E-state index contributed by atoms with van der Waals surface area (Å²) < 4.78 is 7.42. The number of amides is 1. The molecular formula is C19H19N3O2S. The first-order chi connectivity index (χ1) is 12.2. The van der Waals surface area contributed by atoms with Gasteiger partial charge in [0.25, 0.3) is 5.91 Å². The number of nitrogens with one attached hydrogen (secondary N) is 2. The standard InChI is InChI=1S/C19H19N3O2S/c1-24-13-15-8-6-5-7-14(15)11-20-18(23)17-12-21-19(25)22(17)16-9-3-2-4-10-16/h2-10,12H,11,13H2,1H3,(H,20,23)(H,21,25). The zero-order valence-corrected chi connectivity index (χ0v) is 14.7. The number of ether oxygens (including phenoxy) is 1. The van der Waals surface area contributed by atoms with Gasteiger partial charge < -0.3 is 15.0 Å². The number of methoxy groups -OCH3 is 1. The van der Waals surface area contributed by atoms with Gasteiger partial charge in [0.05, 0.1) is 6.61 Å². The lowest BCUT2D eigenvalue weighted by Crippen LogP contribution is -2.25. The van der Waals surface area contributed by atoms with Gasteiger partial charge in [-0.25, -0.2) is 0 Å². The first kappa shape index (κ1) is 17.1. The summed E-state index contributed by atoms with van der Waals surface area (Å²) >= 11 is 5.32. The first-order valence-electron chi connectivity index (χ1n) is 7.90. The number of H-pyrrole nitrogens is 1. The molecule has 128 valence electrons. The number of carbonyl (C=O) groups excluding carboxylic acids is 1. The van der Waals surface area contributed by atoms with Crippen LogP contribution in [0.5, 0.6) is 0 Å². The van der Waals surface area contributed by atoms with Crippen molar-refractivity contribution in [2.75, 3.05) is 7.11 Å².